The number of anilines is 1. The summed E-state index contributed by atoms with van der Waals surface area (Å²) in [5.41, 5.74) is 12.8. The van der Waals surface area contributed by atoms with Crippen LogP contribution in [-0.4, -0.2) is 110 Å². The molecular weight excluding hydrogens is 1430 g/mol. The van der Waals surface area contributed by atoms with E-state index in [0.717, 1.165) is 16.7 Å². The zero-order valence-electron chi connectivity index (χ0n) is 52.2. The number of esters is 2. The molecule has 29 heteroatoms. The summed E-state index contributed by atoms with van der Waals surface area (Å²) in [6.07, 6.45) is 0. The van der Waals surface area contributed by atoms with Crippen molar-refractivity contribution in [2.75, 3.05) is 54.5 Å². The van der Waals surface area contributed by atoms with Gasteiger partial charge in [-0.15, -0.1) is 0 Å². The molecule has 502 valence electrons. The van der Waals surface area contributed by atoms with Gasteiger partial charge in [0.15, 0.2) is 22.2 Å². The molecule has 9 rings (SSSR count). The van der Waals surface area contributed by atoms with Gasteiger partial charge in [0.25, 0.3) is 17.6 Å². The highest BCUT2D eigenvalue weighted by Gasteiger charge is 2.43. The largest absolute Gasteiger partial charge is 0.494 e. The molecule has 9 aromatic rings. The van der Waals surface area contributed by atoms with Gasteiger partial charge in [0, 0.05) is 26.1 Å². The number of para-hydroxylation sites is 3. The molecule has 0 aliphatic heterocycles. The number of hydrogen-bond acceptors (Lipinski definition) is 19. The monoisotopic (exact) mass is 1490 g/mol. The minimum atomic E-state index is -4.50. The third-order valence-corrected chi connectivity index (χ3v) is 17.5. The Hall–Kier alpha value is -10.5. The van der Waals surface area contributed by atoms with E-state index in [0.29, 0.717) is 54.4 Å². The smallest absolute Gasteiger partial charge is 0.378 e. The number of carbonyl (C=O) groups is 2. The first-order chi connectivity index (χ1) is 45.8. The Bertz CT molecular complexity index is 4470. The number of nitrogens with zero attached hydrogens (tertiary/aromatic N) is 4. The Kier molecular flexibility index (Phi) is 28.7. The first kappa shape index (κ1) is 76.2. The summed E-state index contributed by atoms with van der Waals surface area (Å²) < 4.78 is 133. The lowest BCUT2D eigenvalue weighted by Crippen LogP contribution is -2.40. The molecule has 0 radical (unpaired) electrons. The molecule has 0 saturated heterocycles. The second-order valence-corrected chi connectivity index (χ2v) is 24.5. The fourth-order valence-corrected chi connectivity index (χ4v) is 11.5. The summed E-state index contributed by atoms with van der Waals surface area (Å²) >= 11 is 6.41. The number of nitrogens with two attached hydrogens (primary N) is 2. The molecule has 1 aromatic heterocycles. The zero-order valence-corrected chi connectivity index (χ0v) is 57.0. The molecular formula is C67H62Br2F3N6O16S2+. The number of methoxy groups -OCH3 is 5. The molecule has 0 spiro atoms. The van der Waals surface area contributed by atoms with Crippen molar-refractivity contribution >= 4 is 87.5 Å². The topological polar surface area (TPSA) is 322 Å². The number of hydrogen-bond donors (Lipinski definition) is 3. The quantitative estimate of drug-likeness (QED) is 0.0179. The van der Waals surface area contributed by atoms with E-state index < -0.39 is 59.0 Å². The SMILES string of the molecule is C=[O+]c1cccc(OC)c1N.CCOC(=O)C(C(=O)OCC)S(=O)(=O)c1ccc(Br)cc1.COc1cccc(OC)c1-n1c(-c2ccc(F)cc2)nc(O)c(S(=O)(=O)c2ccc(Br)cc2)c1=O.COc1cccc(OC)c1N=C(N)c1ccc(F)cc1.N#Cc1ccc(F)cc1. The van der Waals surface area contributed by atoms with Crippen LogP contribution in [-0.2, 0) is 43.2 Å². The number of benzene rings is 8. The highest BCUT2D eigenvalue weighted by Crippen LogP contribution is 2.39. The average molecular weight is 1490 g/mol. The maximum absolute atomic E-state index is 13.9. The fourth-order valence-electron chi connectivity index (χ4n) is 8.16. The van der Waals surface area contributed by atoms with Gasteiger partial charge in [0.1, 0.15) is 57.7 Å². The van der Waals surface area contributed by atoms with Crippen LogP contribution in [0.25, 0.3) is 17.1 Å². The summed E-state index contributed by atoms with van der Waals surface area (Å²) in [5.74, 6) is -1.75. The molecule has 0 amide bonds. The molecule has 0 fully saturated rings. The number of aliphatic imine (C=N–C) groups is 1. The van der Waals surface area contributed by atoms with E-state index in [1.807, 2.05) is 6.07 Å². The van der Waals surface area contributed by atoms with E-state index in [1.54, 1.807) is 88.1 Å². The Morgan fingerprint density at radius 2 is 1.06 bits per heavy atom. The Labute approximate surface area is 567 Å². The van der Waals surface area contributed by atoms with Crippen molar-refractivity contribution < 1.29 is 82.3 Å². The normalized spacial score (nSPS) is 10.8. The number of ether oxygens (including phenoxy) is 7. The number of halogens is 5. The number of sulfone groups is 2. The Morgan fingerprint density at radius 1 is 0.646 bits per heavy atom. The van der Waals surface area contributed by atoms with Crippen LogP contribution >= 0.6 is 31.9 Å². The summed E-state index contributed by atoms with van der Waals surface area (Å²) in [5, 5.41) is 17.0. The number of rotatable bonds is 18. The van der Waals surface area contributed by atoms with Crippen LogP contribution in [0, 0.1) is 28.8 Å². The second-order valence-electron chi connectivity index (χ2n) is 18.7. The highest BCUT2D eigenvalue weighted by atomic mass is 79.9. The van der Waals surface area contributed by atoms with Gasteiger partial charge in [-0.1, -0.05) is 44.0 Å². The van der Waals surface area contributed by atoms with Crippen LogP contribution in [0.1, 0.15) is 25.0 Å². The first-order valence-electron chi connectivity index (χ1n) is 27.8. The van der Waals surface area contributed by atoms with Crippen LogP contribution in [0.4, 0.5) is 24.5 Å². The first-order valence-corrected chi connectivity index (χ1v) is 32.4. The lowest BCUT2D eigenvalue weighted by molar-refractivity contribution is -0.353. The zero-order chi connectivity index (χ0) is 70.9. The highest BCUT2D eigenvalue weighted by molar-refractivity contribution is 9.10. The van der Waals surface area contributed by atoms with E-state index in [2.05, 4.69) is 58.1 Å². The predicted octanol–water partition coefficient (Wildman–Crippen LogP) is 12.0. The molecule has 0 aliphatic rings. The van der Waals surface area contributed by atoms with Crippen LogP contribution in [0.5, 0.6) is 40.4 Å². The lowest BCUT2D eigenvalue weighted by Gasteiger charge is -2.19. The predicted molar refractivity (Wildman–Crippen MR) is 359 cm³/mol. The van der Waals surface area contributed by atoms with Gasteiger partial charge in [-0.2, -0.15) is 10.2 Å². The van der Waals surface area contributed by atoms with Gasteiger partial charge in [0.05, 0.1) is 70.2 Å². The van der Waals surface area contributed by atoms with Crippen LogP contribution in [0.3, 0.4) is 0 Å². The molecule has 0 atom stereocenters. The average Bonchev–Trinajstić information content (AvgIpc) is 0.744. The standard InChI is InChI=1S/C24H18BrFN2O6S.C15H15FN2O2.C13H15BrO6S.C8H10NO2.C7H4FN/c1-33-18-4-3-5-19(34-2)20(18)28-22(14-6-10-16(26)11-7-14)27-23(29)21(24(28)30)35(31,32)17-12-8-15(25)9-13-17;1-19-12-4-3-5-13(20-2)14(12)18-15(17)10-6-8-11(16)9-7-10;1-3-19-12(15)11(13(16)20-4-2)21(17,18)10-7-5-9(14)6-8-10;1-10-6-4-3-5-7(11-2)8(6)9;8-7-3-1-6(5-9)2-4-7/h3-13,29H,1-2H3;3-9H,1-2H3,(H2,17,18);5-8,11H,3-4H2,1-2H3;3-5H,1,9H2,2H3;1-4H/q;;;+1;. The van der Waals surface area contributed by atoms with E-state index in [-0.39, 0.29) is 69.0 Å². The van der Waals surface area contributed by atoms with Crippen molar-refractivity contribution in [3.05, 3.63) is 224 Å². The van der Waals surface area contributed by atoms with Gasteiger partial charge < -0.3 is 49.7 Å². The van der Waals surface area contributed by atoms with Gasteiger partial charge in [-0.25, -0.2) is 49.0 Å². The number of carbonyl (C=O) groups excluding carboxylic acids is 3. The van der Waals surface area contributed by atoms with E-state index in [1.165, 1.54) is 125 Å². The van der Waals surface area contributed by atoms with Gasteiger partial charge in [-0.3, -0.25) is 9.36 Å². The fraction of sp³-hybridized carbons (Fsp3) is 0.149. The van der Waals surface area contributed by atoms with Crippen molar-refractivity contribution in [1.82, 2.24) is 9.55 Å². The van der Waals surface area contributed by atoms with Gasteiger partial charge >= 0.3 is 17.7 Å². The lowest BCUT2D eigenvalue weighted by atomic mass is 10.2. The number of aromatic hydroxyl groups is 1. The second kappa shape index (κ2) is 36.2. The van der Waals surface area contributed by atoms with Crippen molar-refractivity contribution in [3.63, 3.8) is 0 Å². The Morgan fingerprint density at radius 3 is 1.50 bits per heavy atom. The molecule has 0 unspecified atom stereocenters. The van der Waals surface area contributed by atoms with E-state index in [9.17, 15) is 49.5 Å². The maximum Gasteiger partial charge on any atom is 0.378 e. The van der Waals surface area contributed by atoms with Crippen LogP contribution < -0.4 is 40.7 Å². The Balaban J connectivity index is 0.000000235. The van der Waals surface area contributed by atoms with Crippen molar-refractivity contribution in [3.8, 4) is 63.5 Å². The number of aromatic nitrogens is 2. The number of nitriles is 1. The molecule has 1 heterocycles. The summed E-state index contributed by atoms with van der Waals surface area (Å²) in [4.78, 5) is 44.6. The summed E-state index contributed by atoms with van der Waals surface area (Å²) in [6, 6.07) is 44.6. The van der Waals surface area contributed by atoms with Crippen molar-refractivity contribution in [1.29, 1.82) is 5.26 Å². The van der Waals surface area contributed by atoms with Crippen molar-refractivity contribution in [2.45, 2.75) is 33.8 Å². The number of nitrogen functional groups attached to an aromatic ring is 1. The van der Waals surface area contributed by atoms with Crippen LogP contribution in [0.15, 0.2) is 209 Å². The minimum Gasteiger partial charge on any atom is -0.494 e. The molecule has 22 nitrogen and oxygen atoms in total. The molecule has 96 heavy (non-hydrogen) atoms. The van der Waals surface area contributed by atoms with Gasteiger partial charge in [-0.05, 0) is 172 Å². The summed E-state index contributed by atoms with van der Waals surface area (Å²) in [7, 11) is -1.35. The molecule has 8 aromatic carbocycles. The van der Waals surface area contributed by atoms with Crippen molar-refractivity contribution in [2.24, 2.45) is 10.7 Å². The molecule has 0 bridgehead atoms. The molecule has 0 saturated carbocycles. The minimum absolute atomic E-state index is 0.0371. The third-order valence-electron chi connectivity index (χ3n) is 12.7. The molecule has 5 N–H and O–H groups in total. The summed E-state index contributed by atoms with van der Waals surface area (Å²) in [6.45, 7) is 6.22. The maximum atomic E-state index is 13.9. The number of amidine groups is 1. The van der Waals surface area contributed by atoms with E-state index >= 15 is 0 Å². The molecule has 0 aliphatic carbocycles. The third kappa shape index (κ3) is 19.8. The van der Waals surface area contributed by atoms with Crippen LogP contribution in [0.2, 0.25) is 0 Å². The van der Waals surface area contributed by atoms with Gasteiger partial charge in [0.2, 0.25) is 25.6 Å². The van der Waals surface area contributed by atoms with E-state index in [4.69, 9.17) is 44.8 Å².